The Morgan fingerprint density at radius 1 is 1.31 bits per heavy atom. The molecule has 2 N–H and O–H groups in total. The standard InChI is InChI=1S/C13H22N2O/c1-9(2)11-6-10(8-14)7-12(15-11)16-13(3,4)5/h6-7,9H,8,14H2,1-5H3. The Balaban J connectivity index is 3.04. The van der Waals surface area contributed by atoms with Gasteiger partial charge in [-0.2, -0.15) is 0 Å². The monoisotopic (exact) mass is 222 g/mol. The van der Waals surface area contributed by atoms with Gasteiger partial charge in [-0.15, -0.1) is 0 Å². The van der Waals surface area contributed by atoms with Crippen LogP contribution in [0.5, 0.6) is 5.88 Å². The molecule has 3 nitrogen and oxygen atoms in total. The minimum Gasteiger partial charge on any atom is -0.472 e. The zero-order chi connectivity index (χ0) is 12.3. The van der Waals surface area contributed by atoms with Crippen molar-refractivity contribution < 1.29 is 4.74 Å². The fraction of sp³-hybridized carbons (Fsp3) is 0.615. The number of hydrogen-bond acceptors (Lipinski definition) is 3. The minimum absolute atomic E-state index is 0.228. The maximum Gasteiger partial charge on any atom is 0.214 e. The molecule has 0 atom stereocenters. The van der Waals surface area contributed by atoms with Crippen LogP contribution < -0.4 is 10.5 Å². The number of rotatable bonds is 3. The maximum absolute atomic E-state index is 5.77. The van der Waals surface area contributed by atoms with Crippen molar-refractivity contribution in [2.24, 2.45) is 5.73 Å². The first kappa shape index (κ1) is 13.0. The number of nitrogens with zero attached hydrogens (tertiary/aromatic N) is 1. The minimum atomic E-state index is -0.228. The Morgan fingerprint density at radius 3 is 2.38 bits per heavy atom. The van der Waals surface area contributed by atoms with Crippen LogP contribution in [0, 0.1) is 0 Å². The summed E-state index contributed by atoms with van der Waals surface area (Å²) >= 11 is 0. The Bertz CT molecular complexity index is 353. The van der Waals surface area contributed by atoms with Gasteiger partial charge in [-0.05, 0) is 38.3 Å². The van der Waals surface area contributed by atoms with E-state index in [1.54, 1.807) is 0 Å². The summed E-state index contributed by atoms with van der Waals surface area (Å²) in [5, 5.41) is 0. The molecule has 16 heavy (non-hydrogen) atoms. The van der Waals surface area contributed by atoms with E-state index in [9.17, 15) is 0 Å². The summed E-state index contributed by atoms with van der Waals surface area (Å²) in [6, 6.07) is 3.96. The van der Waals surface area contributed by atoms with E-state index in [4.69, 9.17) is 10.5 Å². The van der Waals surface area contributed by atoms with E-state index < -0.39 is 0 Å². The first-order chi connectivity index (χ1) is 7.31. The van der Waals surface area contributed by atoms with E-state index in [-0.39, 0.29) is 5.60 Å². The Labute approximate surface area is 98.0 Å². The van der Waals surface area contributed by atoms with E-state index in [1.165, 1.54) is 0 Å². The molecule has 0 aliphatic carbocycles. The molecule has 0 fully saturated rings. The van der Waals surface area contributed by atoms with Gasteiger partial charge in [0, 0.05) is 18.3 Å². The molecule has 0 radical (unpaired) electrons. The fourth-order valence-corrected chi connectivity index (χ4v) is 1.36. The lowest BCUT2D eigenvalue weighted by Crippen LogP contribution is -2.24. The molecular formula is C13H22N2O. The highest BCUT2D eigenvalue weighted by Crippen LogP contribution is 2.21. The van der Waals surface area contributed by atoms with Crippen molar-refractivity contribution >= 4 is 0 Å². The predicted molar refractivity (Wildman–Crippen MR) is 66.6 cm³/mol. The topological polar surface area (TPSA) is 48.1 Å². The van der Waals surface area contributed by atoms with Gasteiger partial charge < -0.3 is 10.5 Å². The van der Waals surface area contributed by atoms with E-state index in [0.717, 1.165) is 11.3 Å². The van der Waals surface area contributed by atoms with Gasteiger partial charge in [-0.1, -0.05) is 13.8 Å². The summed E-state index contributed by atoms with van der Waals surface area (Å²) in [6.07, 6.45) is 0. The molecule has 0 saturated heterocycles. The highest BCUT2D eigenvalue weighted by Gasteiger charge is 2.14. The SMILES string of the molecule is CC(C)c1cc(CN)cc(OC(C)(C)C)n1. The molecule has 0 spiro atoms. The Morgan fingerprint density at radius 2 is 1.94 bits per heavy atom. The average molecular weight is 222 g/mol. The third kappa shape index (κ3) is 3.81. The number of hydrogen-bond donors (Lipinski definition) is 1. The highest BCUT2D eigenvalue weighted by atomic mass is 16.5. The van der Waals surface area contributed by atoms with Crippen molar-refractivity contribution in [2.45, 2.75) is 52.7 Å². The van der Waals surface area contributed by atoms with Crippen molar-refractivity contribution in [3.63, 3.8) is 0 Å². The second kappa shape index (κ2) is 4.83. The van der Waals surface area contributed by atoms with Gasteiger partial charge in [0.2, 0.25) is 5.88 Å². The van der Waals surface area contributed by atoms with Gasteiger partial charge in [0.05, 0.1) is 0 Å². The van der Waals surface area contributed by atoms with Crippen LogP contribution in [0.3, 0.4) is 0 Å². The zero-order valence-corrected chi connectivity index (χ0v) is 10.9. The van der Waals surface area contributed by atoms with Gasteiger partial charge in [-0.3, -0.25) is 0 Å². The van der Waals surface area contributed by atoms with Gasteiger partial charge in [0.1, 0.15) is 5.60 Å². The first-order valence-electron chi connectivity index (χ1n) is 5.72. The van der Waals surface area contributed by atoms with Crippen molar-refractivity contribution in [3.05, 3.63) is 23.4 Å². The van der Waals surface area contributed by atoms with Crippen LogP contribution in [-0.4, -0.2) is 10.6 Å². The van der Waals surface area contributed by atoms with Gasteiger partial charge >= 0.3 is 0 Å². The second-order valence-corrected chi connectivity index (χ2v) is 5.31. The van der Waals surface area contributed by atoms with Crippen LogP contribution in [-0.2, 0) is 6.54 Å². The molecule has 90 valence electrons. The molecule has 0 bridgehead atoms. The summed E-state index contributed by atoms with van der Waals surface area (Å²) in [7, 11) is 0. The summed E-state index contributed by atoms with van der Waals surface area (Å²) < 4.78 is 5.77. The normalized spacial score (nSPS) is 11.9. The molecule has 0 amide bonds. The van der Waals surface area contributed by atoms with Crippen molar-refractivity contribution in [1.29, 1.82) is 0 Å². The Hall–Kier alpha value is -1.09. The second-order valence-electron chi connectivity index (χ2n) is 5.31. The number of aromatic nitrogens is 1. The van der Waals surface area contributed by atoms with Crippen molar-refractivity contribution in [2.75, 3.05) is 0 Å². The largest absolute Gasteiger partial charge is 0.472 e. The van der Waals surface area contributed by atoms with Crippen LogP contribution in [0.4, 0.5) is 0 Å². The lowest BCUT2D eigenvalue weighted by Gasteiger charge is -2.21. The number of nitrogens with two attached hydrogens (primary N) is 1. The summed E-state index contributed by atoms with van der Waals surface area (Å²) in [5.41, 5.74) is 7.54. The smallest absolute Gasteiger partial charge is 0.214 e. The highest BCUT2D eigenvalue weighted by molar-refractivity contribution is 5.26. The third-order valence-corrected chi connectivity index (χ3v) is 2.12. The van der Waals surface area contributed by atoms with Crippen LogP contribution in [0.25, 0.3) is 0 Å². The van der Waals surface area contributed by atoms with Crippen LogP contribution in [0.1, 0.15) is 51.8 Å². The molecule has 1 aromatic heterocycles. The van der Waals surface area contributed by atoms with Gasteiger partial charge in [-0.25, -0.2) is 4.98 Å². The van der Waals surface area contributed by atoms with E-state index in [2.05, 4.69) is 18.8 Å². The average Bonchev–Trinajstić information content (AvgIpc) is 2.14. The number of pyridine rings is 1. The molecule has 0 aliphatic heterocycles. The van der Waals surface area contributed by atoms with E-state index in [0.29, 0.717) is 18.3 Å². The molecule has 1 aromatic rings. The molecular weight excluding hydrogens is 200 g/mol. The van der Waals surface area contributed by atoms with Crippen LogP contribution in [0.15, 0.2) is 12.1 Å². The summed E-state index contributed by atoms with van der Waals surface area (Å²) in [4.78, 5) is 4.49. The van der Waals surface area contributed by atoms with Crippen LogP contribution in [0.2, 0.25) is 0 Å². The molecule has 3 heteroatoms. The zero-order valence-electron chi connectivity index (χ0n) is 10.9. The number of ether oxygens (including phenoxy) is 1. The van der Waals surface area contributed by atoms with Crippen LogP contribution >= 0.6 is 0 Å². The molecule has 0 unspecified atom stereocenters. The van der Waals surface area contributed by atoms with Gasteiger partial charge in [0.25, 0.3) is 0 Å². The molecule has 0 saturated carbocycles. The first-order valence-corrected chi connectivity index (χ1v) is 5.72. The maximum atomic E-state index is 5.77. The lowest BCUT2D eigenvalue weighted by atomic mass is 10.1. The quantitative estimate of drug-likeness (QED) is 0.855. The third-order valence-electron chi connectivity index (χ3n) is 2.12. The lowest BCUT2D eigenvalue weighted by molar-refractivity contribution is 0.123. The molecule has 0 aliphatic rings. The molecule has 1 rings (SSSR count). The van der Waals surface area contributed by atoms with E-state index >= 15 is 0 Å². The summed E-state index contributed by atoms with van der Waals surface area (Å²) in [6.45, 7) is 10.8. The predicted octanol–water partition coefficient (Wildman–Crippen LogP) is 2.84. The Kier molecular flexibility index (Phi) is 3.92. The van der Waals surface area contributed by atoms with Crippen molar-refractivity contribution in [1.82, 2.24) is 4.98 Å². The molecule has 1 heterocycles. The van der Waals surface area contributed by atoms with Gasteiger partial charge in [0.15, 0.2) is 0 Å². The summed E-state index contributed by atoms with van der Waals surface area (Å²) in [5.74, 6) is 1.05. The van der Waals surface area contributed by atoms with E-state index in [1.807, 2.05) is 32.9 Å². The van der Waals surface area contributed by atoms with Crippen molar-refractivity contribution in [3.8, 4) is 5.88 Å². The molecule has 0 aromatic carbocycles. The fourth-order valence-electron chi connectivity index (χ4n) is 1.36.